The van der Waals surface area contributed by atoms with Crippen LogP contribution in [0.5, 0.6) is 11.5 Å². The molecule has 0 aliphatic carbocycles. The molecule has 4 rings (SSSR count). The Morgan fingerprint density at radius 1 is 0.906 bits per heavy atom. The molecule has 7 nitrogen and oxygen atoms in total. The number of benzene rings is 2. The fourth-order valence-electron chi connectivity index (χ4n) is 4.67. The van der Waals surface area contributed by atoms with Crippen LogP contribution in [-0.2, 0) is 14.8 Å². The molecule has 2 unspecified atom stereocenters. The van der Waals surface area contributed by atoms with Gasteiger partial charge in [0.1, 0.15) is 11.5 Å². The first kappa shape index (κ1) is 22.6. The number of sulfonamides is 1. The van der Waals surface area contributed by atoms with Crippen molar-refractivity contribution < 1.29 is 22.7 Å². The maximum atomic E-state index is 13.5. The maximum absolute atomic E-state index is 13.5. The summed E-state index contributed by atoms with van der Waals surface area (Å²) in [5.74, 6) is 0.687. The summed E-state index contributed by atoms with van der Waals surface area (Å²) in [6, 6.07) is 14.0. The summed E-state index contributed by atoms with van der Waals surface area (Å²) in [4.78, 5) is 15.6. The van der Waals surface area contributed by atoms with E-state index < -0.39 is 15.9 Å². The van der Waals surface area contributed by atoms with Gasteiger partial charge in [-0.2, -0.15) is 4.31 Å². The van der Waals surface area contributed by atoms with Crippen LogP contribution in [0.1, 0.15) is 30.7 Å². The first-order chi connectivity index (χ1) is 15.4. The molecular formula is C24H30N2O5S. The third-order valence-electron chi connectivity index (χ3n) is 6.49. The van der Waals surface area contributed by atoms with Gasteiger partial charge in [0.05, 0.1) is 25.0 Å². The molecule has 2 aromatic carbocycles. The van der Waals surface area contributed by atoms with Crippen molar-refractivity contribution >= 4 is 15.9 Å². The Morgan fingerprint density at radius 2 is 1.59 bits per heavy atom. The van der Waals surface area contributed by atoms with Gasteiger partial charge in [-0.3, -0.25) is 4.79 Å². The predicted octanol–water partition coefficient (Wildman–Crippen LogP) is 3.12. The van der Waals surface area contributed by atoms with Crippen LogP contribution in [0, 0.1) is 5.92 Å². The van der Waals surface area contributed by atoms with Gasteiger partial charge in [-0.1, -0.05) is 12.1 Å². The third-order valence-corrected chi connectivity index (χ3v) is 8.34. The number of likely N-dealkylation sites (tertiary alicyclic amines) is 1. The molecule has 2 aromatic rings. The van der Waals surface area contributed by atoms with Crippen LogP contribution < -0.4 is 9.47 Å². The van der Waals surface area contributed by atoms with E-state index in [1.54, 1.807) is 38.5 Å². The number of hydrogen-bond acceptors (Lipinski definition) is 5. The normalized spacial score (nSPS) is 22.0. The molecule has 8 heteroatoms. The van der Waals surface area contributed by atoms with Crippen molar-refractivity contribution in [1.29, 1.82) is 0 Å². The van der Waals surface area contributed by atoms with Gasteiger partial charge in [-0.25, -0.2) is 8.42 Å². The van der Waals surface area contributed by atoms with Gasteiger partial charge in [0.25, 0.3) is 0 Å². The topological polar surface area (TPSA) is 76.2 Å². The van der Waals surface area contributed by atoms with Crippen molar-refractivity contribution in [2.45, 2.75) is 30.1 Å². The first-order valence-electron chi connectivity index (χ1n) is 11.0. The second-order valence-corrected chi connectivity index (χ2v) is 10.3. The van der Waals surface area contributed by atoms with Crippen molar-refractivity contribution in [3.05, 3.63) is 54.1 Å². The smallest absolute Gasteiger partial charge is 0.243 e. The molecule has 32 heavy (non-hydrogen) atoms. The zero-order valence-electron chi connectivity index (χ0n) is 18.6. The van der Waals surface area contributed by atoms with E-state index in [0.29, 0.717) is 11.5 Å². The molecule has 2 heterocycles. The molecule has 0 bridgehead atoms. The number of carbonyl (C=O) groups excluding carboxylic acids is 1. The van der Waals surface area contributed by atoms with E-state index in [-0.39, 0.29) is 29.8 Å². The second-order valence-electron chi connectivity index (χ2n) is 8.37. The molecule has 0 N–H and O–H groups in total. The maximum Gasteiger partial charge on any atom is 0.243 e. The zero-order valence-corrected chi connectivity index (χ0v) is 19.4. The quantitative estimate of drug-likeness (QED) is 0.665. The van der Waals surface area contributed by atoms with Crippen molar-refractivity contribution in [2.75, 3.05) is 40.4 Å². The number of rotatable bonds is 6. The van der Waals surface area contributed by atoms with E-state index in [2.05, 4.69) is 0 Å². The number of nitrogens with zero attached hydrogens (tertiary/aromatic N) is 2. The summed E-state index contributed by atoms with van der Waals surface area (Å²) in [5.41, 5.74) is 0.923. The molecule has 0 aromatic heterocycles. The van der Waals surface area contributed by atoms with Gasteiger partial charge in [-0.05, 0) is 61.2 Å². The number of methoxy groups -OCH3 is 2. The highest BCUT2D eigenvalue weighted by molar-refractivity contribution is 7.89. The van der Waals surface area contributed by atoms with Gasteiger partial charge in [0.2, 0.25) is 15.9 Å². The molecule has 0 radical (unpaired) electrons. The molecule has 172 valence electrons. The average molecular weight is 459 g/mol. The third kappa shape index (κ3) is 4.47. The van der Waals surface area contributed by atoms with Gasteiger partial charge in [-0.15, -0.1) is 0 Å². The Labute approximate surface area is 190 Å². The van der Waals surface area contributed by atoms with Gasteiger partial charge in [0.15, 0.2) is 0 Å². The SMILES string of the molecule is COc1ccc(S(=O)(=O)N2CC(C(=O)N3CCCCC3)C(c3cccc(OC)c3)C2)cc1. The highest BCUT2D eigenvalue weighted by Gasteiger charge is 2.45. The molecule has 2 saturated heterocycles. The van der Waals surface area contributed by atoms with Crippen LogP contribution in [0.25, 0.3) is 0 Å². The van der Waals surface area contributed by atoms with E-state index in [0.717, 1.165) is 37.9 Å². The monoisotopic (exact) mass is 458 g/mol. The van der Waals surface area contributed by atoms with Crippen molar-refractivity contribution in [3.63, 3.8) is 0 Å². The summed E-state index contributed by atoms with van der Waals surface area (Å²) in [5, 5.41) is 0. The lowest BCUT2D eigenvalue weighted by Crippen LogP contribution is -2.42. The lowest BCUT2D eigenvalue weighted by Gasteiger charge is -2.31. The first-order valence-corrected chi connectivity index (χ1v) is 12.4. The number of ether oxygens (including phenoxy) is 2. The Balaban J connectivity index is 1.65. The highest BCUT2D eigenvalue weighted by Crippen LogP contribution is 2.38. The van der Waals surface area contributed by atoms with Crippen molar-refractivity contribution in [3.8, 4) is 11.5 Å². The van der Waals surface area contributed by atoms with Gasteiger partial charge in [0, 0.05) is 32.1 Å². The lowest BCUT2D eigenvalue weighted by atomic mass is 9.87. The minimum absolute atomic E-state index is 0.0463. The minimum Gasteiger partial charge on any atom is -0.497 e. The molecule has 2 aliphatic heterocycles. The molecular weight excluding hydrogens is 428 g/mol. The summed E-state index contributed by atoms with van der Waals surface area (Å²) in [6.45, 7) is 1.91. The Morgan fingerprint density at radius 3 is 2.25 bits per heavy atom. The summed E-state index contributed by atoms with van der Waals surface area (Å²) >= 11 is 0. The molecule has 0 saturated carbocycles. The van der Waals surface area contributed by atoms with Crippen LogP contribution in [0.15, 0.2) is 53.4 Å². The van der Waals surface area contributed by atoms with Crippen LogP contribution in [0.2, 0.25) is 0 Å². The van der Waals surface area contributed by atoms with Gasteiger partial charge >= 0.3 is 0 Å². The highest BCUT2D eigenvalue weighted by atomic mass is 32.2. The molecule has 2 atom stereocenters. The van der Waals surface area contributed by atoms with Crippen LogP contribution in [0.3, 0.4) is 0 Å². The number of amides is 1. The number of carbonyl (C=O) groups is 1. The number of piperidine rings is 1. The fraction of sp³-hybridized carbons (Fsp3) is 0.458. The Kier molecular flexibility index (Phi) is 6.71. The zero-order chi connectivity index (χ0) is 22.7. The molecule has 2 aliphatic rings. The van der Waals surface area contributed by atoms with Crippen LogP contribution >= 0.6 is 0 Å². The molecule has 2 fully saturated rings. The van der Waals surface area contributed by atoms with E-state index in [9.17, 15) is 13.2 Å². The van der Waals surface area contributed by atoms with Crippen molar-refractivity contribution in [1.82, 2.24) is 9.21 Å². The largest absolute Gasteiger partial charge is 0.497 e. The standard InChI is InChI=1S/C24H30N2O5S/c1-30-19-9-11-21(12-10-19)32(28,29)26-16-22(18-7-6-8-20(15-18)31-2)23(17-26)24(27)25-13-4-3-5-14-25/h6-12,15,22-23H,3-5,13-14,16-17H2,1-2H3. The summed E-state index contributed by atoms with van der Waals surface area (Å²) in [7, 11) is -0.599. The Hall–Kier alpha value is -2.58. The van der Waals surface area contributed by atoms with Crippen LogP contribution in [-0.4, -0.2) is 63.9 Å². The van der Waals surface area contributed by atoms with Gasteiger partial charge < -0.3 is 14.4 Å². The van der Waals surface area contributed by atoms with Crippen molar-refractivity contribution in [2.24, 2.45) is 5.92 Å². The summed E-state index contributed by atoms with van der Waals surface area (Å²) < 4.78 is 38.8. The van der Waals surface area contributed by atoms with E-state index in [4.69, 9.17) is 9.47 Å². The minimum atomic E-state index is -3.74. The number of hydrogen-bond donors (Lipinski definition) is 0. The molecule has 0 spiro atoms. The van der Waals surface area contributed by atoms with E-state index in [1.165, 1.54) is 4.31 Å². The fourth-order valence-corrected chi connectivity index (χ4v) is 6.16. The van der Waals surface area contributed by atoms with Crippen LogP contribution in [0.4, 0.5) is 0 Å². The molecule has 1 amide bonds. The van der Waals surface area contributed by atoms with E-state index in [1.807, 2.05) is 29.2 Å². The lowest BCUT2D eigenvalue weighted by molar-refractivity contribution is -0.136. The average Bonchev–Trinajstić information content (AvgIpc) is 3.30. The predicted molar refractivity (Wildman–Crippen MR) is 121 cm³/mol. The Bertz CT molecular complexity index is 1050. The summed E-state index contributed by atoms with van der Waals surface area (Å²) in [6.07, 6.45) is 3.12. The second kappa shape index (κ2) is 9.50. The van der Waals surface area contributed by atoms with E-state index >= 15 is 0 Å².